The number of hydrogen-bond acceptors (Lipinski definition) is 5. The third-order valence-corrected chi connectivity index (χ3v) is 5.57. The van der Waals surface area contributed by atoms with Crippen molar-refractivity contribution in [1.29, 1.82) is 0 Å². The zero-order valence-corrected chi connectivity index (χ0v) is 16.7. The van der Waals surface area contributed by atoms with Gasteiger partial charge in [-0.25, -0.2) is 4.79 Å². The zero-order chi connectivity index (χ0) is 19.1. The molecule has 1 fully saturated rings. The van der Waals surface area contributed by atoms with Crippen molar-refractivity contribution in [2.75, 3.05) is 33.9 Å². The molecule has 27 heavy (non-hydrogen) atoms. The summed E-state index contributed by atoms with van der Waals surface area (Å²) in [6, 6.07) is 7.86. The largest absolute Gasteiger partial charge is 0.493 e. The molecule has 1 atom stereocenters. The first kappa shape index (κ1) is 19.5. The Morgan fingerprint density at radius 3 is 2.59 bits per heavy atom. The minimum atomic E-state index is -0.163. The van der Waals surface area contributed by atoms with Crippen molar-refractivity contribution in [3.8, 4) is 11.5 Å². The topological polar surface area (TPSA) is 62.8 Å². The predicted molar refractivity (Wildman–Crippen MR) is 108 cm³/mol. The van der Waals surface area contributed by atoms with Gasteiger partial charge in [0.25, 0.3) is 0 Å². The number of carbonyl (C=O) groups is 1. The van der Waals surface area contributed by atoms with Gasteiger partial charge in [0, 0.05) is 13.1 Å². The molecule has 0 radical (unpaired) electrons. The number of hydrogen-bond donors (Lipinski definition) is 2. The van der Waals surface area contributed by atoms with E-state index in [9.17, 15) is 4.79 Å². The molecule has 0 bridgehead atoms. The Kier molecular flexibility index (Phi) is 6.95. The minimum Gasteiger partial charge on any atom is -0.493 e. The van der Waals surface area contributed by atoms with Gasteiger partial charge < -0.3 is 20.1 Å². The van der Waals surface area contributed by atoms with Gasteiger partial charge in [-0.3, -0.25) is 4.90 Å². The molecule has 0 spiro atoms. The number of rotatable bonds is 8. The highest BCUT2D eigenvalue weighted by molar-refractivity contribution is 7.07. The Labute approximate surface area is 164 Å². The molecule has 3 rings (SSSR count). The van der Waals surface area contributed by atoms with Gasteiger partial charge >= 0.3 is 6.03 Å². The van der Waals surface area contributed by atoms with Crippen LogP contribution >= 0.6 is 11.3 Å². The van der Waals surface area contributed by atoms with Crippen molar-refractivity contribution < 1.29 is 14.3 Å². The van der Waals surface area contributed by atoms with E-state index in [2.05, 4.69) is 32.4 Å². The van der Waals surface area contributed by atoms with Gasteiger partial charge in [-0.15, -0.1) is 0 Å². The number of methoxy groups -OCH3 is 2. The maximum absolute atomic E-state index is 12.3. The van der Waals surface area contributed by atoms with Crippen LogP contribution in [0.25, 0.3) is 0 Å². The number of nitrogens with zero attached hydrogens (tertiary/aromatic N) is 1. The Balaban J connectivity index is 1.52. The molecular formula is C20H27N3O3S. The summed E-state index contributed by atoms with van der Waals surface area (Å²) in [5.74, 6) is 1.33. The first-order valence-electron chi connectivity index (χ1n) is 9.20. The molecule has 0 aliphatic carbocycles. The van der Waals surface area contributed by atoms with Crippen LogP contribution < -0.4 is 20.1 Å². The highest BCUT2D eigenvalue weighted by Gasteiger charge is 2.24. The minimum absolute atomic E-state index is 0.163. The molecule has 2 amide bonds. The van der Waals surface area contributed by atoms with Crippen LogP contribution in [-0.2, 0) is 6.54 Å². The second-order valence-electron chi connectivity index (χ2n) is 6.57. The molecule has 2 N–H and O–H groups in total. The summed E-state index contributed by atoms with van der Waals surface area (Å²) < 4.78 is 10.5. The SMILES string of the molecule is COc1ccc(CNC(=O)NC[C@@H](c2ccsc2)N2CCCC2)cc1OC. The Morgan fingerprint density at radius 1 is 1.15 bits per heavy atom. The number of thiophene rings is 1. The van der Waals surface area contributed by atoms with E-state index in [-0.39, 0.29) is 12.1 Å². The summed E-state index contributed by atoms with van der Waals surface area (Å²) in [5, 5.41) is 10.2. The van der Waals surface area contributed by atoms with Crippen LogP contribution in [0, 0.1) is 0 Å². The number of nitrogens with one attached hydrogen (secondary N) is 2. The van der Waals surface area contributed by atoms with E-state index in [1.165, 1.54) is 18.4 Å². The first-order valence-corrected chi connectivity index (χ1v) is 10.1. The maximum atomic E-state index is 12.3. The normalized spacial score (nSPS) is 15.3. The summed E-state index contributed by atoms with van der Waals surface area (Å²) in [6.45, 7) is 3.22. The van der Waals surface area contributed by atoms with Gasteiger partial charge in [0.1, 0.15) is 0 Å². The molecular weight excluding hydrogens is 362 g/mol. The van der Waals surface area contributed by atoms with Crippen LogP contribution in [0.4, 0.5) is 4.79 Å². The molecule has 7 heteroatoms. The second-order valence-corrected chi connectivity index (χ2v) is 7.35. The zero-order valence-electron chi connectivity index (χ0n) is 15.9. The number of likely N-dealkylation sites (tertiary alicyclic amines) is 1. The molecule has 1 aliphatic heterocycles. The molecule has 2 heterocycles. The maximum Gasteiger partial charge on any atom is 0.315 e. The van der Waals surface area contributed by atoms with Gasteiger partial charge in [0.05, 0.1) is 20.3 Å². The number of ether oxygens (including phenoxy) is 2. The fraction of sp³-hybridized carbons (Fsp3) is 0.450. The van der Waals surface area contributed by atoms with Crippen molar-refractivity contribution in [3.63, 3.8) is 0 Å². The van der Waals surface area contributed by atoms with E-state index in [4.69, 9.17) is 9.47 Å². The lowest BCUT2D eigenvalue weighted by Crippen LogP contribution is -2.41. The number of urea groups is 1. The number of benzene rings is 1. The Bertz CT molecular complexity index is 730. The smallest absolute Gasteiger partial charge is 0.315 e. The van der Waals surface area contributed by atoms with Crippen LogP contribution in [0.5, 0.6) is 11.5 Å². The Hall–Kier alpha value is -2.25. The molecule has 1 aromatic carbocycles. The lowest BCUT2D eigenvalue weighted by molar-refractivity contribution is 0.221. The van der Waals surface area contributed by atoms with E-state index in [0.29, 0.717) is 24.6 Å². The second kappa shape index (κ2) is 9.62. The number of carbonyl (C=O) groups excluding carboxylic acids is 1. The van der Waals surface area contributed by atoms with Crippen LogP contribution in [-0.4, -0.2) is 44.8 Å². The van der Waals surface area contributed by atoms with Crippen LogP contribution in [0.15, 0.2) is 35.0 Å². The molecule has 146 valence electrons. The fourth-order valence-corrected chi connectivity index (χ4v) is 4.11. The summed E-state index contributed by atoms with van der Waals surface area (Å²) in [7, 11) is 3.21. The summed E-state index contributed by atoms with van der Waals surface area (Å²) in [4.78, 5) is 14.7. The molecule has 1 saturated heterocycles. The molecule has 0 saturated carbocycles. The van der Waals surface area contributed by atoms with Crippen LogP contribution in [0.3, 0.4) is 0 Å². The van der Waals surface area contributed by atoms with Gasteiger partial charge in [0.2, 0.25) is 0 Å². The van der Waals surface area contributed by atoms with Crippen molar-refractivity contribution >= 4 is 17.4 Å². The van der Waals surface area contributed by atoms with Gasteiger partial charge in [0.15, 0.2) is 11.5 Å². The van der Waals surface area contributed by atoms with Crippen molar-refractivity contribution in [1.82, 2.24) is 15.5 Å². The first-order chi connectivity index (χ1) is 13.2. The summed E-state index contributed by atoms with van der Waals surface area (Å²) in [5.41, 5.74) is 2.24. The van der Waals surface area contributed by atoms with Gasteiger partial charge in [-0.1, -0.05) is 6.07 Å². The average Bonchev–Trinajstić information content (AvgIpc) is 3.41. The lowest BCUT2D eigenvalue weighted by Gasteiger charge is -2.27. The van der Waals surface area contributed by atoms with Crippen molar-refractivity contribution in [3.05, 3.63) is 46.2 Å². The number of amides is 2. The summed E-state index contributed by atoms with van der Waals surface area (Å²) >= 11 is 1.70. The Morgan fingerprint density at radius 2 is 1.93 bits per heavy atom. The predicted octanol–water partition coefficient (Wildman–Crippen LogP) is 3.40. The molecule has 6 nitrogen and oxygen atoms in total. The lowest BCUT2D eigenvalue weighted by atomic mass is 10.1. The van der Waals surface area contributed by atoms with E-state index < -0.39 is 0 Å². The standard InChI is InChI=1S/C20H27N3O3S/c1-25-18-6-5-15(11-19(18)26-2)12-21-20(24)22-13-17(16-7-10-27-14-16)23-8-3-4-9-23/h5-7,10-11,14,17H,3-4,8-9,12-13H2,1-2H3,(H2,21,22,24)/t17-/m0/s1. The highest BCUT2D eigenvalue weighted by Crippen LogP contribution is 2.28. The van der Waals surface area contributed by atoms with Crippen LogP contribution in [0.2, 0.25) is 0 Å². The molecule has 2 aromatic rings. The van der Waals surface area contributed by atoms with Crippen LogP contribution in [0.1, 0.15) is 30.0 Å². The third-order valence-electron chi connectivity index (χ3n) is 4.87. The van der Waals surface area contributed by atoms with E-state index in [1.54, 1.807) is 25.6 Å². The highest BCUT2D eigenvalue weighted by atomic mass is 32.1. The van der Waals surface area contributed by atoms with Crippen molar-refractivity contribution in [2.45, 2.75) is 25.4 Å². The van der Waals surface area contributed by atoms with Crippen molar-refractivity contribution in [2.24, 2.45) is 0 Å². The molecule has 1 aliphatic rings. The summed E-state index contributed by atoms with van der Waals surface area (Å²) in [6.07, 6.45) is 2.46. The van der Waals surface area contributed by atoms with Gasteiger partial charge in [-0.2, -0.15) is 11.3 Å². The van der Waals surface area contributed by atoms with E-state index in [1.807, 2.05) is 18.2 Å². The quantitative estimate of drug-likeness (QED) is 0.726. The van der Waals surface area contributed by atoms with Gasteiger partial charge in [-0.05, 0) is 66.0 Å². The van der Waals surface area contributed by atoms with E-state index >= 15 is 0 Å². The van der Waals surface area contributed by atoms with E-state index in [0.717, 1.165) is 18.7 Å². The average molecular weight is 390 g/mol. The monoisotopic (exact) mass is 389 g/mol. The third kappa shape index (κ3) is 5.14. The fourth-order valence-electron chi connectivity index (χ4n) is 3.40. The molecule has 0 unspecified atom stereocenters. The molecule has 1 aromatic heterocycles.